The average molecular weight is 328 g/mol. The minimum Gasteiger partial charge on any atom is -0.394 e. The van der Waals surface area contributed by atoms with Gasteiger partial charge in [0, 0.05) is 16.7 Å². The molecule has 102 valence electrons. The Balaban J connectivity index is 2.59. The molecule has 0 heterocycles. The minimum absolute atomic E-state index is 0.0761. The van der Waals surface area contributed by atoms with Gasteiger partial charge in [0.25, 0.3) is 0 Å². The number of halogens is 4. The van der Waals surface area contributed by atoms with Crippen LogP contribution in [-0.2, 0) is 10.9 Å². The quantitative estimate of drug-likeness (QED) is 0.789. The Morgan fingerprint density at radius 1 is 1.28 bits per heavy atom. The molecule has 0 saturated carbocycles. The SMILES string of the molecule is OCCOCCNc1cc(C(F)(F)F)ccc1Br. The van der Waals surface area contributed by atoms with Crippen LogP contribution >= 0.6 is 15.9 Å². The summed E-state index contributed by atoms with van der Waals surface area (Å²) >= 11 is 3.17. The first kappa shape index (κ1) is 15.3. The normalized spacial score (nSPS) is 11.6. The van der Waals surface area contributed by atoms with Gasteiger partial charge >= 0.3 is 6.18 Å². The van der Waals surface area contributed by atoms with Crippen molar-refractivity contribution in [2.75, 3.05) is 31.7 Å². The van der Waals surface area contributed by atoms with Gasteiger partial charge in [0.05, 0.1) is 25.4 Å². The van der Waals surface area contributed by atoms with Crippen molar-refractivity contribution >= 4 is 21.6 Å². The Hall–Kier alpha value is -0.790. The Morgan fingerprint density at radius 2 is 2.00 bits per heavy atom. The van der Waals surface area contributed by atoms with Gasteiger partial charge in [0.15, 0.2) is 0 Å². The molecular weight excluding hydrogens is 315 g/mol. The number of benzene rings is 1. The van der Waals surface area contributed by atoms with Crippen LogP contribution in [0.5, 0.6) is 0 Å². The van der Waals surface area contributed by atoms with Crippen molar-refractivity contribution in [3.63, 3.8) is 0 Å². The van der Waals surface area contributed by atoms with Gasteiger partial charge in [-0.05, 0) is 34.1 Å². The van der Waals surface area contributed by atoms with Crippen LogP contribution in [0.3, 0.4) is 0 Å². The van der Waals surface area contributed by atoms with Crippen LogP contribution in [0.1, 0.15) is 5.56 Å². The first-order valence-corrected chi connectivity index (χ1v) is 6.03. The third-order valence-electron chi connectivity index (χ3n) is 2.09. The molecule has 0 aliphatic carbocycles. The minimum atomic E-state index is -4.36. The molecule has 2 N–H and O–H groups in total. The number of aliphatic hydroxyl groups excluding tert-OH is 1. The number of ether oxygens (including phenoxy) is 1. The molecule has 3 nitrogen and oxygen atoms in total. The fourth-order valence-electron chi connectivity index (χ4n) is 1.26. The van der Waals surface area contributed by atoms with Crippen molar-refractivity contribution < 1.29 is 23.0 Å². The van der Waals surface area contributed by atoms with Crippen molar-refractivity contribution in [1.29, 1.82) is 0 Å². The summed E-state index contributed by atoms with van der Waals surface area (Å²) in [6.45, 7) is 0.807. The van der Waals surface area contributed by atoms with Crippen LogP contribution < -0.4 is 5.32 Å². The Bertz CT molecular complexity index is 385. The van der Waals surface area contributed by atoms with Crippen molar-refractivity contribution in [2.24, 2.45) is 0 Å². The van der Waals surface area contributed by atoms with Crippen LogP contribution in [0.2, 0.25) is 0 Å². The molecule has 1 aromatic carbocycles. The smallest absolute Gasteiger partial charge is 0.394 e. The molecule has 0 bridgehead atoms. The van der Waals surface area contributed by atoms with E-state index in [4.69, 9.17) is 9.84 Å². The highest BCUT2D eigenvalue weighted by molar-refractivity contribution is 9.10. The zero-order valence-electron chi connectivity index (χ0n) is 9.43. The number of aliphatic hydroxyl groups is 1. The van der Waals surface area contributed by atoms with Gasteiger partial charge in [-0.3, -0.25) is 0 Å². The number of alkyl halides is 3. The van der Waals surface area contributed by atoms with Crippen LogP contribution in [-0.4, -0.2) is 31.5 Å². The van der Waals surface area contributed by atoms with Crippen molar-refractivity contribution in [2.45, 2.75) is 6.18 Å². The van der Waals surface area contributed by atoms with E-state index in [9.17, 15) is 13.2 Å². The molecule has 1 aromatic rings. The fourth-order valence-corrected chi connectivity index (χ4v) is 1.65. The summed E-state index contributed by atoms with van der Waals surface area (Å²) in [4.78, 5) is 0. The summed E-state index contributed by atoms with van der Waals surface area (Å²) in [5.41, 5.74) is -0.345. The van der Waals surface area contributed by atoms with Gasteiger partial charge in [-0.15, -0.1) is 0 Å². The molecule has 0 spiro atoms. The number of hydrogen-bond acceptors (Lipinski definition) is 3. The van der Waals surface area contributed by atoms with Gasteiger partial charge in [0.2, 0.25) is 0 Å². The van der Waals surface area contributed by atoms with E-state index in [1.807, 2.05) is 0 Å². The predicted octanol–water partition coefficient (Wildman–Crippen LogP) is 2.89. The maximum absolute atomic E-state index is 12.5. The number of rotatable bonds is 6. The third kappa shape index (κ3) is 4.83. The second-order valence-corrected chi connectivity index (χ2v) is 4.31. The zero-order valence-corrected chi connectivity index (χ0v) is 11.0. The van der Waals surface area contributed by atoms with Crippen molar-refractivity contribution in [3.05, 3.63) is 28.2 Å². The Labute approximate surface area is 111 Å². The maximum Gasteiger partial charge on any atom is 0.416 e. The standard InChI is InChI=1S/C11H13BrF3NO2/c12-9-2-1-8(11(13,14)15)7-10(9)16-3-5-18-6-4-17/h1-2,7,16-17H,3-6H2. The third-order valence-corrected chi connectivity index (χ3v) is 2.78. The molecule has 0 amide bonds. The molecule has 0 unspecified atom stereocenters. The van der Waals surface area contributed by atoms with Crippen molar-refractivity contribution in [3.8, 4) is 0 Å². The van der Waals surface area contributed by atoms with E-state index < -0.39 is 11.7 Å². The highest BCUT2D eigenvalue weighted by Gasteiger charge is 2.30. The van der Waals surface area contributed by atoms with Gasteiger partial charge in [-0.25, -0.2) is 0 Å². The Kier molecular flexibility index (Phi) is 5.90. The molecule has 7 heteroatoms. The van der Waals surface area contributed by atoms with E-state index in [2.05, 4.69) is 21.2 Å². The first-order chi connectivity index (χ1) is 8.45. The zero-order chi connectivity index (χ0) is 13.6. The van der Waals surface area contributed by atoms with Crippen LogP contribution in [0.25, 0.3) is 0 Å². The summed E-state index contributed by atoms with van der Waals surface area (Å²) in [5.74, 6) is 0. The molecule has 0 radical (unpaired) electrons. The first-order valence-electron chi connectivity index (χ1n) is 5.24. The van der Waals surface area contributed by atoms with E-state index in [0.717, 1.165) is 12.1 Å². The molecule has 0 aliphatic rings. The van der Waals surface area contributed by atoms with E-state index >= 15 is 0 Å². The van der Waals surface area contributed by atoms with Gasteiger partial charge in [-0.2, -0.15) is 13.2 Å². The van der Waals surface area contributed by atoms with Crippen LogP contribution in [0.4, 0.5) is 18.9 Å². The predicted molar refractivity (Wildman–Crippen MR) is 65.5 cm³/mol. The summed E-state index contributed by atoms with van der Waals surface area (Å²) in [6.07, 6.45) is -4.36. The highest BCUT2D eigenvalue weighted by atomic mass is 79.9. The molecule has 18 heavy (non-hydrogen) atoms. The maximum atomic E-state index is 12.5. The monoisotopic (exact) mass is 327 g/mol. The van der Waals surface area contributed by atoms with E-state index in [0.29, 0.717) is 23.3 Å². The molecule has 0 aliphatic heterocycles. The topological polar surface area (TPSA) is 41.5 Å². The highest BCUT2D eigenvalue weighted by Crippen LogP contribution is 2.33. The van der Waals surface area contributed by atoms with E-state index in [1.165, 1.54) is 6.07 Å². The van der Waals surface area contributed by atoms with Crippen LogP contribution in [0, 0.1) is 0 Å². The largest absolute Gasteiger partial charge is 0.416 e. The summed E-state index contributed by atoms with van der Waals surface area (Å²) in [7, 11) is 0. The van der Waals surface area contributed by atoms with Gasteiger partial charge < -0.3 is 15.2 Å². The van der Waals surface area contributed by atoms with Crippen LogP contribution in [0.15, 0.2) is 22.7 Å². The average Bonchev–Trinajstić information content (AvgIpc) is 2.29. The van der Waals surface area contributed by atoms with Gasteiger partial charge in [-0.1, -0.05) is 0 Å². The number of anilines is 1. The second kappa shape index (κ2) is 6.96. The Morgan fingerprint density at radius 3 is 2.61 bits per heavy atom. The molecule has 0 saturated heterocycles. The molecular formula is C11H13BrF3NO2. The lowest BCUT2D eigenvalue weighted by Gasteiger charge is -2.12. The summed E-state index contributed by atoms with van der Waals surface area (Å²) in [6, 6.07) is 3.40. The summed E-state index contributed by atoms with van der Waals surface area (Å²) < 4.78 is 43.0. The summed E-state index contributed by atoms with van der Waals surface area (Å²) in [5, 5.41) is 11.3. The molecule has 0 atom stereocenters. The van der Waals surface area contributed by atoms with Gasteiger partial charge in [0.1, 0.15) is 0 Å². The lowest BCUT2D eigenvalue weighted by Crippen LogP contribution is -2.12. The second-order valence-electron chi connectivity index (χ2n) is 3.46. The lowest BCUT2D eigenvalue weighted by atomic mass is 10.2. The van der Waals surface area contributed by atoms with Crippen molar-refractivity contribution in [1.82, 2.24) is 0 Å². The number of hydrogen-bond donors (Lipinski definition) is 2. The lowest BCUT2D eigenvalue weighted by molar-refractivity contribution is -0.137. The molecule has 0 aromatic heterocycles. The van der Waals surface area contributed by atoms with E-state index in [-0.39, 0.29) is 13.2 Å². The fraction of sp³-hybridized carbons (Fsp3) is 0.455. The molecule has 1 rings (SSSR count). The number of nitrogens with one attached hydrogen (secondary N) is 1. The molecule has 0 fully saturated rings. The van der Waals surface area contributed by atoms with E-state index in [1.54, 1.807) is 0 Å².